The van der Waals surface area contributed by atoms with Crippen LogP contribution in [0.4, 0.5) is 0 Å². The molecular weight excluding hydrogens is 490 g/mol. The van der Waals surface area contributed by atoms with Crippen LogP contribution < -0.4 is 10.1 Å². The molecule has 0 unspecified atom stereocenters. The number of amides is 1. The number of hydrogen-bond donors (Lipinski definition) is 1. The molecule has 0 spiro atoms. The van der Waals surface area contributed by atoms with Crippen LogP contribution in [0.3, 0.4) is 0 Å². The number of benzene rings is 3. The quantitative estimate of drug-likeness (QED) is 0.285. The van der Waals surface area contributed by atoms with Crippen molar-refractivity contribution in [3.8, 4) is 22.9 Å². The van der Waals surface area contributed by atoms with Gasteiger partial charge in [0, 0.05) is 28.9 Å². The number of methoxy groups -OCH3 is 1. The molecule has 1 amide bonds. The number of nitrogens with zero attached hydrogens (tertiary/aromatic N) is 2. The van der Waals surface area contributed by atoms with Crippen LogP contribution in [0.15, 0.2) is 66.7 Å². The van der Waals surface area contributed by atoms with E-state index in [1.54, 1.807) is 18.4 Å². The van der Waals surface area contributed by atoms with E-state index in [2.05, 4.69) is 47.5 Å². The second kappa shape index (κ2) is 11.4. The zero-order valence-corrected chi connectivity index (χ0v) is 23.0. The first-order valence-corrected chi connectivity index (χ1v) is 14.0. The van der Waals surface area contributed by atoms with Crippen molar-refractivity contribution in [2.24, 2.45) is 0 Å². The van der Waals surface area contributed by atoms with E-state index in [0.29, 0.717) is 18.2 Å². The van der Waals surface area contributed by atoms with Crippen LogP contribution in [-0.4, -0.2) is 37.0 Å². The molecule has 0 atom stereocenters. The number of carbonyl (C=O) groups excluding carboxylic acids is 1. The van der Waals surface area contributed by atoms with Crippen LogP contribution in [0.5, 0.6) is 5.75 Å². The van der Waals surface area contributed by atoms with Crippen molar-refractivity contribution < 1.29 is 9.53 Å². The van der Waals surface area contributed by atoms with Gasteiger partial charge in [0.1, 0.15) is 5.75 Å². The molecular formula is C32H33N3O2S. The molecule has 194 valence electrons. The summed E-state index contributed by atoms with van der Waals surface area (Å²) in [6, 6.07) is 24.9. The normalized spacial score (nSPS) is 17.2. The van der Waals surface area contributed by atoms with Gasteiger partial charge in [0.05, 0.1) is 23.6 Å². The summed E-state index contributed by atoms with van der Waals surface area (Å²) in [4.78, 5) is 17.1. The molecule has 0 radical (unpaired) electrons. The third-order valence-corrected chi connectivity index (χ3v) is 9.05. The molecule has 1 fully saturated rings. The maximum atomic E-state index is 14.2. The Morgan fingerprint density at radius 2 is 1.82 bits per heavy atom. The number of nitriles is 1. The predicted octanol–water partition coefficient (Wildman–Crippen LogP) is 6.93. The summed E-state index contributed by atoms with van der Waals surface area (Å²) < 4.78 is 6.82. The highest BCUT2D eigenvalue weighted by molar-refractivity contribution is 7.21. The molecule has 4 aromatic rings. The van der Waals surface area contributed by atoms with Crippen LogP contribution in [0, 0.1) is 18.3 Å². The number of aryl methyl sites for hydroxylation is 1. The fourth-order valence-corrected chi connectivity index (χ4v) is 6.72. The van der Waals surface area contributed by atoms with Crippen LogP contribution >= 0.6 is 11.3 Å². The van der Waals surface area contributed by atoms with Gasteiger partial charge in [-0.25, -0.2) is 0 Å². The van der Waals surface area contributed by atoms with E-state index in [1.807, 2.05) is 49.5 Å². The predicted molar refractivity (Wildman–Crippen MR) is 155 cm³/mol. The molecule has 5 nitrogen and oxygen atoms in total. The number of carbonyl (C=O) groups is 1. The monoisotopic (exact) mass is 523 g/mol. The second-order valence-corrected chi connectivity index (χ2v) is 11.1. The Hall–Kier alpha value is -3.66. The Kier molecular flexibility index (Phi) is 7.78. The van der Waals surface area contributed by atoms with Gasteiger partial charge in [0.2, 0.25) is 0 Å². The highest BCUT2D eigenvalue weighted by Crippen LogP contribution is 2.36. The van der Waals surface area contributed by atoms with Gasteiger partial charge in [-0.05, 0) is 92.1 Å². The van der Waals surface area contributed by atoms with E-state index in [0.717, 1.165) is 68.6 Å². The van der Waals surface area contributed by atoms with Crippen molar-refractivity contribution >= 4 is 27.3 Å². The zero-order chi connectivity index (χ0) is 26.6. The van der Waals surface area contributed by atoms with E-state index in [1.165, 1.54) is 0 Å². The molecule has 1 heterocycles. The maximum absolute atomic E-state index is 14.2. The number of rotatable bonds is 7. The van der Waals surface area contributed by atoms with E-state index < -0.39 is 0 Å². The summed E-state index contributed by atoms with van der Waals surface area (Å²) in [6.45, 7) is 2.60. The molecule has 1 aromatic heterocycles. The molecule has 3 aromatic carbocycles. The Bertz CT molecular complexity index is 1480. The van der Waals surface area contributed by atoms with Crippen molar-refractivity contribution in [2.75, 3.05) is 14.2 Å². The molecule has 0 bridgehead atoms. The summed E-state index contributed by atoms with van der Waals surface area (Å²) in [6.07, 6.45) is 4.10. The first-order valence-electron chi connectivity index (χ1n) is 13.2. The summed E-state index contributed by atoms with van der Waals surface area (Å²) in [5.41, 5.74) is 4.69. The average Bonchev–Trinajstić information content (AvgIpc) is 3.32. The number of nitrogens with one attached hydrogen (secondary N) is 1. The lowest BCUT2D eigenvalue weighted by Crippen LogP contribution is -2.44. The van der Waals surface area contributed by atoms with E-state index in [-0.39, 0.29) is 11.9 Å². The number of ether oxygens (including phenoxy) is 1. The summed E-state index contributed by atoms with van der Waals surface area (Å²) in [7, 11) is 3.69. The summed E-state index contributed by atoms with van der Waals surface area (Å²) >= 11 is 1.60. The first kappa shape index (κ1) is 26.0. The van der Waals surface area contributed by atoms with Gasteiger partial charge in [-0.1, -0.05) is 36.4 Å². The van der Waals surface area contributed by atoms with E-state index in [4.69, 9.17) is 4.74 Å². The minimum atomic E-state index is 0.118. The minimum absolute atomic E-state index is 0.118. The molecule has 1 aliphatic carbocycles. The Balaban J connectivity index is 1.50. The molecule has 38 heavy (non-hydrogen) atoms. The molecule has 0 aliphatic heterocycles. The van der Waals surface area contributed by atoms with E-state index in [9.17, 15) is 10.1 Å². The van der Waals surface area contributed by atoms with Crippen molar-refractivity contribution in [3.05, 3.63) is 88.3 Å². The van der Waals surface area contributed by atoms with Crippen LogP contribution in [0.2, 0.25) is 0 Å². The lowest BCUT2D eigenvalue weighted by Gasteiger charge is -2.37. The van der Waals surface area contributed by atoms with Crippen molar-refractivity contribution in [3.63, 3.8) is 0 Å². The van der Waals surface area contributed by atoms with Crippen LogP contribution in [-0.2, 0) is 6.54 Å². The first-order chi connectivity index (χ1) is 18.5. The molecule has 1 aliphatic rings. The zero-order valence-electron chi connectivity index (χ0n) is 22.2. The summed E-state index contributed by atoms with van der Waals surface area (Å²) in [5.74, 6) is 0.888. The van der Waals surface area contributed by atoms with Crippen LogP contribution in [0.1, 0.15) is 52.0 Å². The van der Waals surface area contributed by atoms with Gasteiger partial charge in [-0.15, -0.1) is 11.3 Å². The topological polar surface area (TPSA) is 65.4 Å². The smallest absolute Gasteiger partial charge is 0.264 e. The number of fused-ring (bicyclic) bond motifs is 1. The Morgan fingerprint density at radius 1 is 1.08 bits per heavy atom. The lowest BCUT2D eigenvalue weighted by molar-refractivity contribution is 0.0605. The maximum Gasteiger partial charge on any atom is 0.264 e. The van der Waals surface area contributed by atoms with Crippen molar-refractivity contribution in [1.29, 1.82) is 5.26 Å². The second-order valence-electron chi connectivity index (χ2n) is 10.0. The fourth-order valence-electron chi connectivity index (χ4n) is 5.55. The van der Waals surface area contributed by atoms with Crippen molar-refractivity contribution in [2.45, 2.75) is 51.2 Å². The molecule has 6 heteroatoms. The van der Waals surface area contributed by atoms with Crippen LogP contribution in [0.25, 0.3) is 21.2 Å². The molecule has 1 N–H and O–H groups in total. The fraction of sp³-hybridized carbons (Fsp3) is 0.312. The third-order valence-electron chi connectivity index (χ3n) is 7.79. The molecule has 0 saturated heterocycles. The van der Waals surface area contributed by atoms with Gasteiger partial charge in [-0.2, -0.15) is 5.26 Å². The van der Waals surface area contributed by atoms with Gasteiger partial charge >= 0.3 is 0 Å². The van der Waals surface area contributed by atoms with E-state index >= 15 is 0 Å². The Labute approximate surface area is 228 Å². The Morgan fingerprint density at radius 3 is 2.47 bits per heavy atom. The van der Waals surface area contributed by atoms with Gasteiger partial charge in [-0.3, -0.25) is 4.79 Å². The van der Waals surface area contributed by atoms with Gasteiger partial charge in [0.25, 0.3) is 5.91 Å². The SMILES string of the molecule is CNC1CCC(N(Cc2ccc(OC)c(-c3ccc(C#N)cc3)c2)C(=O)c2sc3ccccc3c2C)CC1. The highest BCUT2D eigenvalue weighted by Gasteiger charge is 2.31. The third kappa shape index (κ3) is 5.18. The molecule has 5 rings (SSSR count). The van der Waals surface area contributed by atoms with Gasteiger partial charge in [0.15, 0.2) is 0 Å². The average molecular weight is 524 g/mol. The standard InChI is InChI=1S/C32H33N3O2S/c1-21-27-6-4-5-7-30(27)38-31(21)32(36)35(26-15-13-25(34-2)14-16-26)20-23-10-17-29(37-3)28(18-23)24-11-8-22(19-33)9-12-24/h4-12,17-18,25-26,34H,13-16,20H2,1-3H3. The number of thiophene rings is 1. The minimum Gasteiger partial charge on any atom is -0.496 e. The molecule has 1 saturated carbocycles. The van der Waals surface area contributed by atoms with Gasteiger partial charge < -0.3 is 15.0 Å². The number of hydrogen-bond acceptors (Lipinski definition) is 5. The largest absolute Gasteiger partial charge is 0.496 e. The highest BCUT2D eigenvalue weighted by atomic mass is 32.1. The lowest BCUT2D eigenvalue weighted by atomic mass is 9.89. The summed E-state index contributed by atoms with van der Waals surface area (Å²) in [5, 5.41) is 13.8. The van der Waals surface area contributed by atoms with Crippen molar-refractivity contribution in [1.82, 2.24) is 10.2 Å².